The van der Waals surface area contributed by atoms with Crippen LogP contribution in [-0.2, 0) is 5.41 Å². The average molecular weight is 803 g/mol. The number of fused-ring (bicyclic) bond motifs is 5. The lowest BCUT2D eigenvalue weighted by molar-refractivity contribution is 0.360. The van der Waals surface area contributed by atoms with E-state index in [9.17, 15) is 0 Å². The first-order valence-electron chi connectivity index (χ1n) is 22.1. The molecule has 0 radical (unpaired) electrons. The van der Waals surface area contributed by atoms with E-state index < -0.39 is 0 Å². The molecule has 10 aromatic rings. The molecule has 2 nitrogen and oxygen atoms in total. The zero-order valence-electron chi connectivity index (χ0n) is 36.7. The third kappa shape index (κ3) is 7.24. The predicted molar refractivity (Wildman–Crippen MR) is 266 cm³/mol. The molecule has 0 saturated carbocycles. The minimum Gasteiger partial charge on any atom is -0.355 e. The second kappa shape index (κ2) is 15.5. The monoisotopic (exact) mass is 802 g/mol. The van der Waals surface area contributed by atoms with Gasteiger partial charge in [0.1, 0.15) is 0 Å². The fraction of sp³-hybridized carbons (Fsp3) is 0.167. The quantitative estimate of drug-likeness (QED) is 0.152. The van der Waals surface area contributed by atoms with E-state index in [1.165, 1.54) is 71.2 Å². The number of nitrogens with one attached hydrogen (secondary N) is 1. The van der Waals surface area contributed by atoms with Crippen LogP contribution in [0, 0.1) is 5.41 Å². The summed E-state index contributed by atoms with van der Waals surface area (Å²) in [5.41, 5.74) is 13.7. The number of hydrogen-bond donors (Lipinski definition) is 1. The number of hydrogen-bond acceptors (Lipinski definition) is 1. The van der Waals surface area contributed by atoms with E-state index >= 15 is 0 Å². The summed E-state index contributed by atoms with van der Waals surface area (Å²) in [4.78, 5) is 6.09. The summed E-state index contributed by atoms with van der Waals surface area (Å²) < 4.78 is 0. The molecule has 0 aliphatic carbocycles. The minimum absolute atomic E-state index is 0.00923. The Morgan fingerprint density at radius 3 is 1.48 bits per heavy atom. The minimum atomic E-state index is 0.00923. The third-order valence-corrected chi connectivity index (χ3v) is 12.9. The van der Waals surface area contributed by atoms with Gasteiger partial charge in [-0.25, -0.2) is 0 Å². The van der Waals surface area contributed by atoms with Crippen LogP contribution in [0.25, 0.3) is 43.4 Å². The fourth-order valence-corrected chi connectivity index (χ4v) is 9.92. The molecule has 1 aromatic heterocycles. The highest BCUT2D eigenvalue weighted by Crippen LogP contribution is 2.45. The van der Waals surface area contributed by atoms with Gasteiger partial charge < -0.3 is 9.88 Å². The first-order chi connectivity index (χ1) is 30.0. The van der Waals surface area contributed by atoms with Crippen LogP contribution in [0.2, 0.25) is 0 Å². The lowest BCUT2D eigenvalue weighted by Gasteiger charge is -2.33. The van der Waals surface area contributed by atoms with Crippen molar-refractivity contribution in [2.24, 2.45) is 5.41 Å². The summed E-state index contributed by atoms with van der Waals surface area (Å²) >= 11 is 0. The number of benzene rings is 9. The van der Waals surface area contributed by atoms with Gasteiger partial charge in [0, 0.05) is 50.7 Å². The number of aromatic amines is 1. The molecule has 0 aliphatic rings. The summed E-state index contributed by atoms with van der Waals surface area (Å²) in [6.07, 6.45) is 0. The average Bonchev–Trinajstić information content (AvgIpc) is 3.65. The highest BCUT2D eigenvalue weighted by atomic mass is 15.1. The van der Waals surface area contributed by atoms with Crippen molar-refractivity contribution >= 4 is 60.4 Å². The number of H-pyrrole nitrogens is 1. The Labute approximate surface area is 366 Å². The van der Waals surface area contributed by atoms with Gasteiger partial charge in [-0.2, -0.15) is 0 Å². The lowest BCUT2D eigenvalue weighted by Crippen LogP contribution is -2.20. The second-order valence-electron chi connectivity index (χ2n) is 19.2. The van der Waals surface area contributed by atoms with E-state index in [0.29, 0.717) is 0 Å². The molecule has 2 unspecified atom stereocenters. The maximum absolute atomic E-state index is 3.71. The summed E-state index contributed by atoms with van der Waals surface area (Å²) in [6, 6.07) is 74.4. The Bertz CT molecular complexity index is 3180. The molecule has 2 heteroatoms. The molecule has 1 heterocycles. The van der Waals surface area contributed by atoms with Gasteiger partial charge in [0.15, 0.2) is 0 Å². The van der Waals surface area contributed by atoms with Gasteiger partial charge >= 0.3 is 0 Å². The van der Waals surface area contributed by atoms with Crippen LogP contribution in [0.4, 0.5) is 17.1 Å². The van der Waals surface area contributed by atoms with Crippen LogP contribution in [0.1, 0.15) is 86.8 Å². The molecule has 0 bridgehead atoms. The molecule has 62 heavy (non-hydrogen) atoms. The molecule has 0 amide bonds. The van der Waals surface area contributed by atoms with E-state index in [1.54, 1.807) is 0 Å². The first-order valence-corrected chi connectivity index (χ1v) is 22.1. The van der Waals surface area contributed by atoms with E-state index in [0.717, 1.165) is 22.6 Å². The normalized spacial score (nSPS) is 13.2. The predicted octanol–water partition coefficient (Wildman–Crippen LogP) is 16.8. The summed E-state index contributed by atoms with van der Waals surface area (Å²) in [5.74, 6) is 0.241. The van der Waals surface area contributed by atoms with E-state index in [-0.39, 0.29) is 22.7 Å². The van der Waals surface area contributed by atoms with Crippen LogP contribution in [-0.4, -0.2) is 4.98 Å². The van der Waals surface area contributed by atoms with Crippen LogP contribution < -0.4 is 4.90 Å². The van der Waals surface area contributed by atoms with Gasteiger partial charge in [0.05, 0.1) is 0 Å². The molecule has 9 aromatic carbocycles. The molecule has 10 rings (SSSR count). The molecule has 0 spiro atoms. The highest BCUT2D eigenvalue weighted by Gasteiger charge is 2.30. The number of nitrogens with zero attached hydrogens (tertiary/aromatic N) is 1. The maximum Gasteiger partial charge on any atom is 0.0465 e. The van der Waals surface area contributed by atoms with Crippen molar-refractivity contribution in [3.63, 3.8) is 0 Å². The first kappa shape index (κ1) is 39.2. The number of rotatable bonds is 8. The van der Waals surface area contributed by atoms with Gasteiger partial charge in [-0.05, 0) is 126 Å². The molecule has 0 saturated heterocycles. The highest BCUT2D eigenvalue weighted by molar-refractivity contribution is 6.08. The zero-order valence-corrected chi connectivity index (χ0v) is 36.7. The van der Waals surface area contributed by atoms with E-state index in [4.69, 9.17) is 0 Å². The van der Waals surface area contributed by atoms with Crippen molar-refractivity contribution in [2.75, 3.05) is 4.90 Å². The Morgan fingerprint density at radius 2 is 0.871 bits per heavy atom. The number of para-hydroxylation sites is 1. The van der Waals surface area contributed by atoms with Crippen LogP contribution in [0.15, 0.2) is 200 Å². The topological polar surface area (TPSA) is 19.0 Å². The summed E-state index contributed by atoms with van der Waals surface area (Å²) in [6.45, 7) is 13.9. The zero-order chi connectivity index (χ0) is 42.6. The Kier molecular flexibility index (Phi) is 9.83. The number of aromatic nitrogens is 1. The Morgan fingerprint density at radius 1 is 0.387 bits per heavy atom. The van der Waals surface area contributed by atoms with Crippen molar-refractivity contribution < 1.29 is 0 Å². The van der Waals surface area contributed by atoms with Crippen molar-refractivity contribution in [2.45, 2.75) is 58.8 Å². The molecule has 0 fully saturated rings. The van der Waals surface area contributed by atoms with E-state index in [2.05, 4.69) is 252 Å². The number of anilines is 3. The molecule has 1 N–H and O–H groups in total. The van der Waals surface area contributed by atoms with Gasteiger partial charge in [0.25, 0.3) is 0 Å². The largest absolute Gasteiger partial charge is 0.355 e. The Balaban J connectivity index is 1.07. The summed E-state index contributed by atoms with van der Waals surface area (Å²) in [7, 11) is 0. The van der Waals surface area contributed by atoms with Gasteiger partial charge in [0.2, 0.25) is 0 Å². The Hall–Kier alpha value is -6.90. The standard InChI is InChI=1S/C60H54N2/c1-59(2,3)45-31-37-56-54(39-45)53-38-44(30-36-55(53)61-56)57(51-24-14-18-40-16-10-12-22-49(40)51)42-26-32-47(33-27-42)62(46-20-8-7-9-21-46)48-34-28-43(29-35-48)58(60(4,5)6)52-25-15-19-41-17-11-13-23-50(41)52/h7-39,57-58,61H,1-6H3. The molecular formula is C60H54N2. The van der Waals surface area contributed by atoms with Crippen molar-refractivity contribution in [1.82, 2.24) is 4.98 Å². The molecule has 304 valence electrons. The molecular weight excluding hydrogens is 749 g/mol. The van der Waals surface area contributed by atoms with Crippen LogP contribution >= 0.6 is 0 Å². The van der Waals surface area contributed by atoms with Crippen molar-refractivity contribution in [3.05, 3.63) is 234 Å². The third-order valence-electron chi connectivity index (χ3n) is 12.9. The molecule has 2 atom stereocenters. The second-order valence-corrected chi connectivity index (χ2v) is 19.2. The lowest BCUT2D eigenvalue weighted by atomic mass is 9.71. The fourth-order valence-electron chi connectivity index (χ4n) is 9.92. The SMILES string of the molecule is CC(C)(C)c1ccc2[nH]c3ccc(C(c4ccc(N(c5ccccc5)c5ccc(C(c6cccc7ccccc67)C(C)(C)C)cc5)cc4)c4cccc5ccccc45)cc3c2c1. The van der Waals surface area contributed by atoms with Crippen LogP contribution in [0.3, 0.4) is 0 Å². The van der Waals surface area contributed by atoms with Crippen molar-refractivity contribution in [1.29, 1.82) is 0 Å². The van der Waals surface area contributed by atoms with E-state index in [1.807, 2.05) is 0 Å². The smallest absolute Gasteiger partial charge is 0.0465 e. The maximum atomic E-state index is 3.71. The van der Waals surface area contributed by atoms with Gasteiger partial charge in [-0.1, -0.05) is 181 Å². The van der Waals surface area contributed by atoms with Gasteiger partial charge in [-0.15, -0.1) is 0 Å². The van der Waals surface area contributed by atoms with Crippen molar-refractivity contribution in [3.8, 4) is 0 Å². The summed E-state index contributed by atoms with van der Waals surface area (Å²) in [5, 5.41) is 7.67. The van der Waals surface area contributed by atoms with Crippen LogP contribution in [0.5, 0.6) is 0 Å². The van der Waals surface area contributed by atoms with Gasteiger partial charge in [-0.3, -0.25) is 0 Å². The molecule has 0 aliphatic heterocycles.